The molecule has 0 spiro atoms. The maximum absolute atomic E-state index is 12.1. The standard InChI is InChI=1S/C14H24N4O.2ClH/c1-3-13-16-6-8-18(13)12-5-4-7-17(10-12)14(19)9-11(2)15;;/h6,8,11-12H,3-5,7,9-10,15H2,1-2H3;2*1H. The van der Waals surface area contributed by atoms with Crippen LogP contribution in [0.5, 0.6) is 0 Å². The van der Waals surface area contributed by atoms with E-state index in [2.05, 4.69) is 16.5 Å². The van der Waals surface area contributed by atoms with E-state index in [4.69, 9.17) is 5.73 Å². The van der Waals surface area contributed by atoms with Crippen LogP contribution in [0.1, 0.15) is 45.0 Å². The van der Waals surface area contributed by atoms with Crippen LogP contribution in [-0.2, 0) is 11.2 Å². The van der Waals surface area contributed by atoms with Crippen molar-refractivity contribution < 1.29 is 4.79 Å². The van der Waals surface area contributed by atoms with E-state index >= 15 is 0 Å². The van der Waals surface area contributed by atoms with Gasteiger partial charge in [-0.3, -0.25) is 4.79 Å². The molecule has 2 N–H and O–H groups in total. The molecule has 0 aliphatic carbocycles. The molecular weight excluding hydrogens is 311 g/mol. The molecule has 1 aromatic rings. The third-order valence-corrected chi connectivity index (χ3v) is 3.70. The maximum atomic E-state index is 12.1. The van der Waals surface area contributed by atoms with Crippen molar-refractivity contribution in [3.63, 3.8) is 0 Å². The first-order valence-electron chi connectivity index (χ1n) is 7.16. The van der Waals surface area contributed by atoms with Crippen molar-refractivity contribution in [2.45, 2.75) is 51.6 Å². The number of nitrogens with zero attached hydrogens (tertiary/aromatic N) is 3. The van der Waals surface area contributed by atoms with Gasteiger partial charge in [-0.2, -0.15) is 0 Å². The molecule has 0 radical (unpaired) electrons. The van der Waals surface area contributed by atoms with Gasteiger partial charge in [0.25, 0.3) is 0 Å². The highest BCUT2D eigenvalue weighted by Crippen LogP contribution is 2.23. The van der Waals surface area contributed by atoms with E-state index in [-0.39, 0.29) is 36.8 Å². The number of hydrogen-bond acceptors (Lipinski definition) is 3. The van der Waals surface area contributed by atoms with Gasteiger partial charge in [0.1, 0.15) is 5.82 Å². The summed E-state index contributed by atoms with van der Waals surface area (Å²) >= 11 is 0. The Morgan fingerprint density at radius 3 is 2.86 bits per heavy atom. The van der Waals surface area contributed by atoms with Crippen molar-refractivity contribution in [3.8, 4) is 0 Å². The van der Waals surface area contributed by atoms with Crippen molar-refractivity contribution >= 4 is 30.7 Å². The quantitative estimate of drug-likeness (QED) is 0.916. The van der Waals surface area contributed by atoms with Crippen molar-refractivity contribution in [1.29, 1.82) is 0 Å². The average molecular weight is 337 g/mol. The van der Waals surface area contributed by atoms with E-state index in [0.717, 1.165) is 38.2 Å². The number of piperidine rings is 1. The first kappa shape index (κ1) is 20.2. The number of amides is 1. The minimum absolute atomic E-state index is 0. The van der Waals surface area contributed by atoms with Crippen molar-refractivity contribution in [1.82, 2.24) is 14.5 Å². The molecule has 0 bridgehead atoms. The highest BCUT2D eigenvalue weighted by atomic mass is 35.5. The second-order valence-corrected chi connectivity index (χ2v) is 5.42. The predicted molar refractivity (Wildman–Crippen MR) is 89.2 cm³/mol. The lowest BCUT2D eigenvalue weighted by atomic mass is 10.0. The van der Waals surface area contributed by atoms with Gasteiger partial charge in [-0.25, -0.2) is 4.98 Å². The predicted octanol–water partition coefficient (Wildman–Crippen LogP) is 2.19. The van der Waals surface area contributed by atoms with Crippen LogP contribution in [0.4, 0.5) is 0 Å². The average Bonchev–Trinajstić information content (AvgIpc) is 2.86. The fraction of sp³-hybridized carbons (Fsp3) is 0.714. The maximum Gasteiger partial charge on any atom is 0.224 e. The summed E-state index contributed by atoms with van der Waals surface area (Å²) in [7, 11) is 0. The zero-order valence-electron chi connectivity index (χ0n) is 12.7. The van der Waals surface area contributed by atoms with Gasteiger partial charge in [0.15, 0.2) is 0 Å². The van der Waals surface area contributed by atoms with E-state index in [1.165, 1.54) is 0 Å². The van der Waals surface area contributed by atoms with Crippen LogP contribution in [0.2, 0.25) is 0 Å². The summed E-state index contributed by atoms with van der Waals surface area (Å²) in [5.41, 5.74) is 5.71. The molecule has 1 aliphatic rings. The summed E-state index contributed by atoms with van der Waals surface area (Å²) in [6.07, 6.45) is 7.42. The van der Waals surface area contributed by atoms with Gasteiger partial charge >= 0.3 is 0 Å². The fourth-order valence-corrected chi connectivity index (χ4v) is 2.76. The molecule has 1 aromatic heterocycles. The molecule has 2 heterocycles. The van der Waals surface area contributed by atoms with Crippen molar-refractivity contribution in [2.75, 3.05) is 13.1 Å². The summed E-state index contributed by atoms with van der Waals surface area (Å²) in [4.78, 5) is 18.4. The molecule has 1 saturated heterocycles. The van der Waals surface area contributed by atoms with E-state index in [0.29, 0.717) is 12.5 Å². The first-order chi connectivity index (χ1) is 9.11. The molecule has 21 heavy (non-hydrogen) atoms. The Hall–Kier alpha value is -0.780. The Kier molecular flexibility index (Phi) is 8.94. The summed E-state index contributed by atoms with van der Waals surface area (Å²) in [6.45, 7) is 5.64. The molecule has 0 aromatic carbocycles. The number of likely N-dealkylation sites (tertiary alicyclic amines) is 1. The molecule has 1 fully saturated rings. The molecule has 0 saturated carbocycles. The molecule has 2 atom stereocenters. The largest absolute Gasteiger partial charge is 0.341 e. The van der Waals surface area contributed by atoms with E-state index < -0.39 is 0 Å². The number of aryl methyl sites for hydroxylation is 1. The monoisotopic (exact) mass is 336 g/mol. The van der Waals surface area contributed by atoms with Crippen LogP contribution in [-0.4, -0.2) is 39.5 Å². The molecule has 5 nitrogen and oxygen atoms in total. The molecule has 1 aliphatic heterocycles. The van der Waals surface area contributed by atoms with Gasteiger partial charge in [-0.15, -0.1) is 24.8 Å². The molecule has 122 valence electrons. The lowest BCUT2D eigenvalue weighted by Crippen LogP contribution is -2.42. The number of imidazole rings is 1. The summed E-state index contributed by atoms with van der Waals surface area (Å²) in [5, 5.41) is 0. The third-order valence-electron chi connectivity index (χ3n) is 3.70. The van der Waals surface area contributed by atoms with Crippen LogP contribution < -0.4 is 5.73 Å². The number of hydrogen-bond donors (Lipinski definition) is 1. The topological polar surface area (TPSA) is 64.2 Å². The highest BCUT2D eigenvalue weighted by molar-refractivity contribution is 5.85. The summed E-state index contributed by atoms with van der Waals surface area (Å²) in [6, 6.07) is 0.301. The van der Waals surface area contributed by atoms with E-state index in [1.807, 2.05) is 24.2 Å². The van der Waals surface area contributed by atoms with Gasteiger partial charge in [-0.05, 0) is 19.8 Å². The molecule has 1 amide bonds. The number of aromatic nitrogens is 2. The van der Waals surface area contributed by atoms with Crippen molar-refractivity contribution in [3.05, 3.63) is 18.2 Å². The fourth-order valence-electron chi connectivity index (χ4n) is 2.76. The number of halogens is 2. The van der Waals surface area contributed by atoms with Crippen LogP contribution >= 0.6 is 24.8 Å². The Balaban J connectivity index is 0.00000200. The van der Waals surface area contributed by atoms with E-state index in [1.54, 1.807) is 0 Å². The normalized spacial score (nSPS) is 19.4. The van der Waals surface area contributed by atoms with Gasteiger partial charge in [0, 0.05) is 44.4 Å². The molecule has 7 heteroatoms. The smallest absolute Gasteiger partial charge is 0.224 e. The highest BCUT2D eigenvalue weighted by Gasteiger charge is 2.25. The van der Waals surface area contributed by atoms with Crippen LogP contribution in [0, 0.1) is 0 Å². The number of carbonyl (C=O) groups is 1. The molecule has 2 unspecified atom stereocenters. The second kappa shape index (κ2) is 9.28. The van der Waals surface area contributed by atoms with Crippen molar-refractivity contribution in [2.24, 2.45) is 5.73 Å². The van der Waals surface area contributed by atoms with Crippen LogP contribution in [0.25, 0.3) is 0 Å². The second-order valence-electron chi connectivity index (χ2n) is 5.42. The summed E-state index contributed by atoms with van der Waals surface area (Å²) in [5.74, 6) is 1.28. The zero-order chi connectivity index (χ0) is 13.8. The Bertz CT molecular complexity index is 436. The van der Waals surface area contributed by atoms with Gasteiger partial charge in [0.2, 0.25) is 5.91 Å². The Labute approximate surface area is 139 Å². The van der Waals surface area contributed by atoms with Crippen LogP contribution in [0.15, 0.2) is 12.4 Å². The number of rotatable bonds is 4. The van der Waals surface area contributed by atoms with Crippen LogP contribution in [0.3, 0.4) is 0 Å². The lowest BCUT2D eigenvalue weighted by Gasteiger charge is -2.34. The zero-order valence-corrected chi connectivity index (χ0v) is 14.3. The number of nitrogens with two attached hydrogens (primary N) is 1. The SMILES string of the molecule is CCc1nccn1C1CCCN(C(=O)CC(C)N)C1.Cl.Cl. The third kappa shape index (κ3) is 5.16. The van der Waals surface area contributed by atoms with E-state index in [9.17, 15) is 4.79 Å². The number of carbonyl (C=O) groups excluding carboxylic acids is 1. The minimum Gasteiger partial charge on any atom is -0.341 e. The minimum atomic E-state index is -0.0627. The molecule has 2 rings (SSSR count). The van der Waals surface area contributed by atoms with Gasteiger partial charge < -0.3 is 15.2 Å². The Morgan fingerprint density at radius 2 is 2.24 bits per heavy atom. The Morgan fingerprint density at radius 1 is 1.52 bits per heavy atom. The summed E-state index contributed by atoms with van der Waals surface area (Å²) < 4.78 is 2.23. The van der Waals surface area contributed by atoms with Gasteiger partial charge in [-0.1, -0.05) is 6.92 Å². The first-order valence-corrected chi connectivity index (χ1v) is 7.16. The van der Waals surface area contributed by atoms with Gasteiger partial charge in [0.05, 0.1) is 6.04 Å². The molecular formula is C14H26Cl2N4O. The lowest BCUT2D eigenvalue weighted by molar-refractivity contribution is -0.133.